The van der Waals surface area contributed by atoms with Gasteiger partial charge in [-0.2, -0.15) is 0 Å². The average molecular weight is 363 g/mol. The van der Waals surface area contributed by atoms with E-state index < -0.39 is 17.2 Å². The minimum atomic E-state index is -0.942. The second kappa shape index (κ2) is 6.61. The SMILES string of the molecule is O=C1CN(C2CCCCC2)C(=O)C2(CNC2)N1Cc1ccc(F)c(F)c1. The molecule has 1 spiro atoms. The molecule has 1 N–H and O–H groups in total. The topological polar surface area (TPSA) is 52.7 Å². The summed E-state index contributed by atoms with van der Waals surface area (Å²) < 4.78 is 26.7. The van der Waals surface area contributed by atoms with E-state index in [1.54, 1.807) is 9.80 Å². The van der Waals surface area contributed by atoms with Crippen LogP contribution in [0, 0.1) is 11.6 Å². The Balaban J connectivity index is 1.58. The second-order valence-corrected chi connectivity index (χ2v) is 7.59. The highest BCUT2D eigenvalue weighted by Crippen LogP contribution is 2.34. The molecule has 140 valence electrons. The second-order valence-electron chi connectivity index (χ2n) is 7.59. The Morgan fingerprint density at radius 2 is 1.81 bits per heavy atom. The van der Waals surface area contributed by atoms with Crippen molar-refractivity contribution in [3.63, 3.8) is 0 Å². The molecule has 2 saturated heterocycles. The number of halogens is 2. The highest BCUT2D eigenvalue weighted by molar-refractivity contribution is 5.99. The summed E-state index contributed by atoms with van der Waals surface area (Å²) in [6.07, 6.45) is 5.26. The number of carbonyl (C=O) groups is 2. The van der Waals surface area contributed by atoms with E-state index in [0.717, 1.165) is 37.8 Å². The summed E-state index contributed by atoms with van der Waals surface area (Å²) in [4.78, 5) is 29.5. The van der Waals surface area contributed by atoms with Crippen molar-refractivity contribution in [3.8, 4) is 0 Å². The zero-order valence-electron chi connectivity index (χ0n) is 14.6. The zero-order valence-corrected chi connectivity index (χ0v) is 14.6. The van der Waals surface area contributed by atoms with Gasteiger partial charge in [0.05, 0.1) is 0 Å². The number of nitrogens with zero attached hydrogens (tertiary/aromatic N) is 2. The fraction of sp³-hybridized carbons (Fsp3) is 0.579. The molecule has 2 amide bonds. The Morgan fingerprint density at radius 1 is 1.08 bits per heavy atom. The monoisotopic (exact) mass is 363 g/mol. The number of hydrogen-bond donors (Lipinski definition) is 1. The molecule has 1 aromatic rings. The highest BCUT2D eigenvalue weighted by atomic mass is 19.2. The first-order valence-electron chi connectivity index (χ1n) is 9.27. The molecule has 0 aromatic heterocycles. The van der Waals surface area contributed by atoms with Crippen LogP contribution in [0.5, 0.6) is 0 Å². The fourth-order valence-electron chi connectivity index (χ4n) is 4.38. The lowest BCUT2D eigenvalue weighted by Crippen LogP contribution is -2.80. The highest BCUT2D eigenvalue weighted by Gasteiger charge is 2.57. The van der Waals surface area contributed by atoms with Gasteiger partial charge in [-0.25, -0.2) is 8.78 Å². The maximum atomic E-state index is 13.5. The van der Waals surface area contributed by atoms with Gasteiger partial charge in [0.25, 0.3) is 5.91 Å². The predicted molar refractivity (Wildman–Crippen MR) is 91.1 cm³/mol. The summed E-state index contributed by atoms with van der Waals surface area (Å²) in [5.41, 5.74) is -0.403. The minimum absolute atomic E-state index is 0.00895. The third-order valence-electron chi connectivity index (χ3n) is 5.96. The molecule has 1 saturated carbocycles. The smallest absolute Gasteiger partial charge is 0.251 e. The van der Waals surface area contributed by atoms with Gasteiger partial charge in [0.15, 0.2) is 11.6 Å². The van der Waals surface area contributed by atoms with Crippen LogP contribution in [0.1, 0.15) is 37.7 Å². The number of rotatable bonds is 3. The minimum Gasteiger partial charge on any atom is -0.328 e. The summed E-state index contributed by atoms with van der Waals surface area (Å²) in [5.74, 6) is -1.99. The van der Waals surface area contributed by atoms with Crippen molar-refractivity contribution >= 4 is 11.8 Å². The molecule has 0 unspecified atom stereocenters. The Morgan fingerprint density at radius 3 is 2.42 bits per heavy atom. The zero-order chi connectivity index (χ0) is 18.3. The van der Waals surface area contributed by atoms with Crippen LogP contribution in [-0.4, -0.2) is 52.8 Å². The van der Waals surface area contributed by atoms with Crippen molar-refractivity contribution in [1.29, 1.82) is 0 Å². The van der Waals surface area contributed by atoms with E-state index in [1.165, 1.54) is 12.5 Å². The van der Waals surface area contributed by atoms with Gasteiger partial charge in [0, 0.05) is 25.7 Å². The molecule has 0 radical (unpaired) electrons. The van der Waals surface area contributed by atoms with Gasteiger partial charge in [0.1, 0.15) is 12.1 Å². The van der Waals surface area contributed by atoms with Gasteiger partial charge in [-0.3, -0.25) is 9.59 Å². The first kappa shape index (κ1) is 17.4. The first-order chi connectivity index (χ1) is 12.5. The predicted octanol–water partition coefficient (Wildman–Crippen LogP) is 1.81. The van der Waals surface area contributed by atoms with Gasteiger partial charge < -0.3 is 15.1 Å². The standard InChI is InChI=1S/C19H23F2N3O2/c20-15-7-6-13(8-16(15)21)9-24-17(25)10-23(14-4-2-1-3-5-14)18(26)19(24)11-22-12-19/h6-8,14,22H,1-5,9-12H2. The molecule has 2 aliphatic heterocycles. The van der Waals surface area contributed by atoms with E-state index in [4.69, 9.17) is 0 Å². The Bertz CT molecular complexity index is 729. The summed E-state index contributed by atoms with van der Waals surface area (Å²) in [7, 11) is 0. The molecule has 1 aliphatic carbocycles. The number of benzene rings is 1. The van der Waals surface area contributed by atoms with Gasteiger partial charge in [-0.1, -0.05) is 25.3 Å². The number of carbonyl (C=O) groups excluding carboxylic acids is 2. The molecule has 3 fully saturated rings. The van der Waals surface area contributed by atoms with E-state index in [9.17, 15) is 18.4 Å². The molecule has 4 rings (SSSR count). The van der Waals surface area contributed by atoms with E-state index in [2.05, 4.69) is 5.32 Å². The van der Waals surface area contributed by atoms with Crippen LogP contribution >= 0.6 is 0 Å². The number of nitrogens with one attached hydrogen (secondary N) is 1. The fourth-order valence-corrected chi connectivity index (χ4v) is 4.38. The molecular formula is C19H23F2N3O2. The van der Waals surface area contributed by atoms with Gasteiger partial charge in [0.2, 0.25) is 5.91 Å². The Kier molecular flexibility index (Phi) is 4.42. The van der Waals surface area contributed by atoms with E-state index in [-0.39, 0.29) is 30.9 Å². The van der Waals surface area contributed by atoms with Crippen LogP contribution in [-0.2, 0) is 16.1 Å². The lowest BCUT2D eigenvalue weighted by Gasteiger charge is -2.55. The summed E-state index contributed by atoms with van der Waals surface area (Å²) in [5, 5.41) is 3.11. The molecule has 7 heteroatoms. The quantitative estimate of drug-likeness (QED) is 0.891. The Hall–Kier alpha value is -2.02. The number of hydrogen-bond acceptors (Lipinski definition) is 3. The summed E-state index contributed by atoms with van der Waals surface area (Å²) in [6.45, 7) is 1.01. The molecule has 0 bridgehead atoms. The van der Waals surface area contributed by atoms with Gasteiger partial charge in [-0.15, -0.1) is 0 Å². The molecule has 1 aromatic carbocycles. The largest absolute Gasteiger partial charge is 0.328 e. The van der Waals surface area contributed by atoms with Crippen LogP contribution < -0.4 is 5.32 Å². The molecule has 0 atom stereocenters. The van der Waals surface area contributed by atoms with Crippen molar-refractivity contribution in [2.75, 3.05) is 19.6 Å². The van der Waals surface area contributed by atoms with Gasteiger partial charge >= 0.3 is 0 Å². The molecular weight excluding hydrogens is 340 g/mol. The maximum Gasteiger partial charge on any atom is 0.251 e. The van der Waals surface area contributed by atoms with Crippen molar-refractivity contribution < 1.29 is 18.4 Å². The van der Waals surface area contributed by atoms with Crippen LogP contribution in [0.25, 0.3) is 0 Å². The molecule has 3 aliphatic rings. The van der Waals surface area contributed by atoms with E-state index in [0.29, 0.717) is 18.7 Å². The average Bonchev–Trinajstić information content (AvgIpc) is 2.60. The summed E-state index contributed by atoms with van der Waals surface area (Å²) >= 11 is 0. The number of piperazine rings is 1. The molecule has 2 heterocycles. The number of amides is 2. The van der Waals surface area contributed by atoms with Crippen LogP contribution in [0.15, 0.2) is 18.2 Å². The first-order valence-corrected chi connectivity index (χ1v) is 9.27. The van der Waals surface area contributed by atoms with Crippen molar-refractivity contribution in [1.82, 2.24) is 15.1 Å². The van der Waals surface area contributed by atoms with E-state index in [1.807, 2.05) is 0 Å². The maximum absolute atomic E-state index is 13.5. The normalized spacial score (nSPS) is 23.5. The van der Waals surface area contributed by atoms with Crippen LogP contribution in [0.3, 0.4) is 0 Å². The van der Waals surface area contributed by atoms with Crippen molar-refractivity contribution in [3.05, 3.63) is 35.4 Å². The Labute approximate surface area is 151 Å². The third kappa shape index (κ3) is 2.78. The lowest BCUT2D eigenvalue weighted by molar-refractivity contribution is -0.173. The van der Waals surface area contributed by atoms with Crippen LogP contribution in [0.2, 0.25) is 0 Å². The van der Waals surface area contributed by atoms with Crippen LogP contribution in [0.4, 0.5) is 8.78 Å². The lowest BCUT2D eigenvalue weighted by atomic mass is 9.83. The van der Waals surface area contributed by atoms with Crippen molar-refractivity contribution in [2.24, 2.45) is 0 Å². The summed E-state index contributed by atoms with van der Waals surface area (Å²) in [6, 6.07) is 3.76. The van der Waals surface area contributed by atoms with Gasteiger partial charge in [-0.05, 0) is 30.5 Å². The molecule has 5 nitrogen and oxygen atoms in total. The van der Waals surface area contributed by atoms with Crippen molar-refractivity contribution in [2.45, 2.75) is 50.2 Å². The van der Waals surface area contributed by atoms with E-state index >= 15 is 0 Å². The third-order valence-corrected chi connectivity index (χ3v) is 5.96. The molecule has 26 heavy (non-hydrogen) atoms.